The van der Waals surface area contributed by atoms with E-state index in [9.17, 15) is 10.1 Å². The molecule has 1 saturated heterocycles. The van der Waals surface area contributed by atoms with E-state index in [1.807, 2.05) is 0 Å². The Morgan fingerprint density at radius 3 is 2.59 bits per heavy atom. The van der Waals surface area contributed by atoms with E-state index in [-0.39, 0.29) is 23.6 Å². The molecule has 1 aliphatic heterocycles. The van der Waals surface area contributed by atoms with Crippen molar-refractivity contribution in [1.29, 1.82) is 0 Å². The summed E-state index contributed by atoms with van der Waals surface area (Å²) in [4.78, 5) is 16.7. The van der Waals surface area contributed by atoms with E-state index in [0.29, 0.717) is 12.4 Å². The highest BCUT2D eigenvalue weighted by molar-refractivity contribution is 5.52. The summed E-state index contributed by atoms with van der Waals surface area (Å²) in [6.45, 7) is 10.7. The quantitative estimate of drug-likeness (QED) is 0.657. The summed E-state index contributed by atoms with van der Waals surface area (Å²) in [6, 6.07) is 0. The minimum absolute atomic E-state index is 0.137. The van der Waals surface area contributed by atoms with Crippen LogP contribution >= 0.6 is 0 Å². The van der Waals surface area contributed by atoms with Crippen molar-refractivity contribution in [3.8, 4) is 0 Å². The van der Waals surface area contributed by atoms with Gasteiger partial charge in [0.15, 0.2) is 0 Å². The lowest BCUT2D eigenvalue weighted by atomic mass is 10.00. The van der Waals surface area contributed by atoms with Crippen molar-refractivity contribution in [2.24, 2.45) is 7.05 Å². The molecule has 0 amide bonds. The number of aryl methyl sites for hydroxylation is 1. The van der Waals surface area contributed by atoms with Crippen LogP contribution in [0.2, 0.25) is 0 Å². The van der Waals surface area contributed by atoms with Gasteiger partial charge in [0.25, 0.3) is 0 Å². The Balaban J connectivity index is 2.06. The van der Waals surface area contributed by atoms with E-state index >= 15 is 0 Å². The average Bonchev–Trinajstić information content (AvgIpc) is 2.77. The molecule has 0 aliphatic carbocycles. The molecule has 2 rings (SSSR count). The first-order valence-electron chi connectivity index (χ1n) is 7.51. The number of morpholine rings is 1. The average molecular weight is 311 g/mol. The number of nitrogens with one attached hydrogen (secondary N) is 1. The lowest BCUT2D eigenvalue weighted by molar-refractivity contribution is -0.388. The van der Waals surface area contributed by atoms with E-state index in [1.165, 1.54) is 6.33 Å². The predicted octanol–water partition coefficient (Wildman–Crippen LogP) is 1.63. The molecule has 1 aliphatic rings. The number of nitrogens with zero attached hydrogens (tertiary/aromatic N) is 4. The van der Waals surface area contributed by atoms with Crippen molar-refractivity contribution >= 4 is 11.6 Å². The van der Waals surface area contributed by atoms with E-state index in [1.54, 1.807) is 11.6 Å². The van der Waals surface area contributed by atoms with Gasteiger partial charge < -0.3 is 20.2 Å². The molecule has 0 spiro atoms. The third-order valence-corrected chi connectivity index (χ3v) is 4.05. The zero-order valence-corrected chi connectivity index (χ0v) is 13.9. The SMILES string of the molecule is CC1CN(C(C)(C)CNc2c([N+](=O)[O-])ncn2C)CC(C)O1. The van der Waals surface area contributed by atoms with Gasteiger partial charge in [-0.1, -0.05) is 0 Å². The molecular formula is C14H25N5O3. The lowest BCUT2D eigenvalue weighted by Crippen LogP contribution is -2.57. The first kappa shape index (κ1) is 16.7. The van der Waals surface area contributed by atoms with Gasteiger partial charge in [-0.25, -0.2) is 0 Å². The number of ether oxygens (including phenoxy) is 1. The monoisotopic (exact) mass is 311 g/mol. The van der Waals surface area contributed by atoms with Crippen molar-refractivity contribution in [1.82, 2.24) is 14.5 Å². The minimum atomic E-state index is -0.464. The van der Waals surface area contributed by atoms with Gasteiger partial charge in [-0.3, -0.25) is 9.47 Å². The van der Waals surface area contributed by atoms with Crippen molar-refractivity contribution < 1.29 is 9.66 Å². The molecule has 2 atom stereocenters. The number of nitro groups is 1. The lowest BCUT2D eigenvalue weighted by Gasteiger charge is -2.45. The maximum atomic E-state index is 11.0. The highest BCUT2D eigenvalue weighted by Gasteiger charge is 2.34. The highest BCUT2D eigenvalue weighted by atomic mass is 16.6. The molecule has 1 N–H and O–H groups in total. The third-order valence-electron chi connectivity index (χ3n) is 4.05. The summed E-state index contributed by atoms with van der Waals surface area (Å²) in [6.07, 6.45) is 1.83. The second-order valence-corrected chi connectivity index (χ2v) is 6.61. The van der Waals surface area contributed by atoms with Gasteiger partial charge in [0, 0.05) is 32.2 Å². The summed E-state index contributed by atoms with van der Waals surface area (Å²) in [5.41, 5.74) is -0.148. The van der Waals surface area contributed by atoms with E-state index in [2.05, 4.69) is 42.9 Å². The van der Waals surface area contributed by atoms with Crippen LogP contribution in [0.3, 0.4) is 0 Å². The second-order valence-electron chi connectivity index (χ2n) is 6.61. The number of hydrogen-bond donors (Lipinski definition) is 1. The van der Waals surface area contributed by atoms with Gasteiger partial charge in [-0.15, -0.1) is 0 Å². The number of imidazole rings is 1. The molecule has 0 bridgehead atoms. The van der Waals surface area contributed by atoms with Crippen LogP contribution in [0.15, 0.2) is 6.33 Å². The first-order chi connectivity index (χ1) is 10.2. The zero-order chi connectivity index (χ0) is 16.5. The van der Waals surface area contributed by atoms with Crippen LogP contribution in [-0.2, 0) is 11.8 Å². The fraction of sp³-hybridized carbons (Fsp3) is 0.786. The van der Waals surface area contributed by atoms with E-state index in [0.717, 1.165) is 13.1 Å². The zero-order valence-electron chi connectivity index (χ0n) is 13.9. The molecule has 0 aromatic carbocycles. The highest BCUT2D eigenvalue weighted by Crippen LogP contribution is 2.25. The standard InChI is InChI=1S/C14H25N5O3/c1-10-6-18(7-11(2)22-10)14(3,4)8-15-12-13(19(20)21)16-9-17(12)5/h9-11,15H,6-8H2,1-5H3. The summed E-state index contributed by atoms with van der Waals surface area (Å²) in [5, 5.41) is 14.2. The second kappa shape index (κ2) is 6.21. The van der Waals surface area contributed by atoms with Gasteiger partial charge in [0.2, 0.25) is 12.1 Å². The molecule has 1 aromatic rings. The molecule has 22 heavy (non-hydrogen) atoms. The van der Waals surface area contributed by atoms with Gasteiger partial charge in [-0.2, -0.15) is 0 Å². The minimum Gasteiger partial charge on any atom is -0.373 e. The Hall–Kier alpha value is -1.67. The van der Waals surface area contributed by atoms with E-state index in [4.69, 9.17) is 4.74 Å². The number of aromatic nitrogens is 2. The molecule has 8 nitrogen and oxygen atoms in total. The van der Waals surface area contributed by atoms with Crippen molar-refractivity contribution in [2.45, 2.75) is 45.4 Å². The maximum absolute atomic E-state index is 11.0. The van der Waals surface area contributed by atoms with Crippen molar-refractivity contribution in [3.63, 3.8) is 0 Å². The Kier molecular flexibility index (Phi) is 4.72. The molecular weight excluding hydrogens is 286 g/mol. The van der Waals surface area contributed by atoms with Crippen LogP contribution < -0.4 is 5.32 Å². The number of rotatable bonds is 5. The predicted molar refractivity (Wildman–Crippen MR) is 84.0 cm³/mol. The summed E-state index contributed by atoms with van der Waals surface area (Å²) in [7, 11) is 1.74. The van der Waals surface area contributed by atoms with Crippen LogP contribution in [-0.4, -0.2) is 56.8 Å². The summed E-state index contributed by atoms with van der Waals surface area (Å²) < 4.78 is 7.40. The molecule has 2 unspecified atom stereocenters. The van der Waals surface area contributed by atoms with Crippen LogP contribution in [0, 0.1) is 10.1 Å². The van der Waals surface area contributed by atoms with E-state index < -0.39 is 4.92 Å². The van der Waals surface area contributed by atoms with Crippen LogP contribution in [0.1, 0.15) is 27.7 Å². The number of hydrogen-bond acceptors (Lipinski definition) is 6. The maximum Gasteiger partial charge on any atom is 0.406 e. The number of anilines is 1. The van der Waals surface area contributed by atoms with Crippen LogP contribution in [0.25, 0.3) is 0 Å². The molecule has 2 heterocycles. The van der Waals surface area contributed by atoms with Crippen molar-refractivity contribution in [2.75, 3.05) is 25.0 Å². The normalized spacial score (nSPS) is 23.5. The fourth-order valence-electron chi connectivity index (χ4n) is 2.84. The van der Waals surface area contributed by atoms with Crippen LogP contribution in [0.4, 0.5) is 11.6 Å². The van der Waals surface area contributed by atoms with Gasteiger partial charge in [-0.05, 0) is 37.6 Å². The fourth-order valence-corrected chi connectivity index (χ4v) is 2.84. The van der Waals surface area contributed by atoms with Crippen molar-refractivity contribution in [3.05, 3.63) is 16.4 Å². The van der Waals surface area contributed by atoms with Gasteiger partial charge >= 0.3 is 5.82 Å². The Bertz CT molecular complexity index is 533. The molecule has 1 aromatic heterocycles. The Labute approximate surface area is 130 Å². The molecule has 0 saturated carbocycles. The molecule has 8 heteroatoms. The Morgan fingerprint density at radius 1 is 1.45 bits per heavy atom. The smallest absolute Gasteiger partial charge is 0.373 e. The first-order valence-corrected chi connectivity index (χ1v) is 7.51. The molecule has 124 valence electrons. The largest absolute Gasteiger partial charge is 0.406 e. The topological polar surface area (TPSA) is 85.5 Å². The van der Waals surface area contributed by atoms with Gasteiger partial charge in [0.1, 0.15) is 0 Å². The third kappa shape index (κ3) is 3.56. The van der Waals surface area contributed by atoms with Gasteiger partial charge in [0.05, 0.1) is 12.2 Å². The summed E-state index contributed by atoms with van der Waals surface area (Å²) in [5.74, 6) is 0.300. The summed E-state index contributed by atoms with van der Waals surface area (Å²) >= 11 is 0. The molecule has 1 fully saturated rings. The van der Waals surface area contributed by atoms with Crippen LogP contribution in [0.5, 0.6) is 0 Å². The Morgan fingerprint density at radius 2 is 2.05 bits per heavy atom. The molecule has 0 radical (unpaired) electrons.